The molecule has 0 bridgehead atoms. The molecule has 0 saturated carbocycles. The van der Waals surface area contributed by atoms with E-state index in [1.54, 1.807) is 0 Å². The van der Waals surface area contributed by atoms with Gasteiger partial charge in [-0.1, -0.05) is 66.7 Å². The quantitative estimate of drug-likeness (QED) is 0.491. The third-order valence-electron chi connectivity index (χ3n) is 4.36. The first-order valence-electron chi connectivity index (χ1n) is 7.96. The van der Waals surface area contributed by atoms with Crippen molar-refractivity contribution in [2.45, 2.75) is 0 Å². The van der Waals surface area contributed by atoms with Gasteiger partial charge in [-0.15, -0.1) is 0 Å². The molecule has 0 spiro atoms. The molecule has 0 amide bonds. The highest BCUT2D eigenvalue weighted by molar-refractivity contribution is 6.06. The second-order valence-electron chi connectivity index (χ2n) is 5.92. The normalized spacial score (nSPS) is 10.8. The highest BCUT2D eigenvalue weighted by atomic mass is 14.6. The van der Waals surface area contributed by atoms with Crippen LogP contribution in [0.25, 0.3) is 33.0 Å². The molecule has 2 nitrogen and oxygen atoms in total. The Labute approximate surface area is 141 Å². The van der Waals surface area contributed by atoms with Gasteiger partial charge in [0.1, 0.15) is 0 Å². The van der Waals surface area contributed by atoms with Crippen molar-refractivity contribution in [2.75, 3.05) is 11.5 Å². The summed E-state index contributed by atoms with van der Waals surface area (Å²) in [5, 5.41) is 2.37. The fraction of sp³-hybridized carbons (Fsp3) is 0. The third-order valence-corrected chi connectivity index (χ3v) is 4.36. The molecule has 4 aromatic rings. The van der Waals surface area contributed by atoms with Gasteiger partial charge in [-0.3, -0.25) is 0 Å². The van der Waals surface area contributed by atoms with E-state index in [4.69, 9.17) is 11.5 Å². The van der Waals surface area contributed by atoms with Gasteiger partial charge < -0.3 is 11.5 Å². The molecule has 0 heterocycles. The average molecular weight is 310 g/mol. The van der Waals surface area contributed by atoms with Gasteiger partial charge in [0.05, 0.1) is 0 Å². The highest BCUT2D eigenvalue weighted by Gasteiger charge is 2.14. The van der Waals surface area contributed by atoms with Crippen LogP contribution in [0.4, 0.5) is 11.4 Å². The monoisotopic (exact) mass is 310 g/mol. The number of nitrogens with two attached hydrogens (primary N) is 2. The van der Waals surface area contributed by atoms with Gasteiger partial charge >= 0.3 is 0 Å². The van der Waals surface area contributed by atoms with Crippen molar-refractivity contribution in [3.05, 3.63) is 84.9 Å². The predicted octanol–water partition coefficient (Wildman–Crippen LogP) is 5.34. The Morgan fingerprint density at radius 1 is 0.583 bits per heavy atom. The zero-order valence-electron chi connectivity index (χ0n) is 13.2. The molecule has 0 aliphatic rings. The van der Waals surface area contributed by atoms with E-state index in [2.05, 4.69) is 60.7 Å². The maximum absolute atomic E-state index is 6.30. The van der Waals surface area contributed by atoms with Crippen molar-refractivity contribution in [1.82, 2.24) is 0 Å². The van der Waals surface area contributed by atoms with Gasteiger partial charge in [0.15, 0.2) is 0 Å². The number of hydrogen-bond acceptors (Lipinski definition) is 2. The summed E-state index contributed by atoms with van der Waals surface area (Å²) in [6.07, 6.45) is 0. The largest absolute Gasteiger partial charge is 0.399 e. The number of rotatable bonds is 2. The number of nitrogen functional groups attached to an aromatic ring is 2. The van der Waals surface area contributed by atoms with Crippen LogP contribution in [0.3, 0.4) is 0 Å². The summed E-state index contributed by atoms with van der Waals surface area (Å²) in [4.78, 5) is 0. The van der Waals surface area contributed by atoms with E-state index in [0.29, 0.717) is 5.69 Å². The smallest absolute Gasteiger partial charge is 0.0395 e. The molecular formula is C22H18N2. The Hall–Kier alpha value is -3.26. The van der Waals surface area contributed by atoms with Gasteiger partial charge in [-0.2, -0.15) is 0 Å². The van der Waals surface area contributed by atoms with Crippen molar-refractivity contribution in [3.8, 4) is 22.3 Å². The first-order valence-corrected chi connectivity index (χ1v) is 7.96. The fourth-order valence-corrected chi connectivity index (χ4v) is 3.21. The molecule has 0 unspecified atom stereocenters. The second kappa shape index (κ2) is 5.74. The van der Waals surface area contributed by atoms with Crippen LogP contribution in [-0.4, -0.2) is 0 Å². The summed E-state index contributed by atoms with van der Waals surface area (Å²) < 4.78 is 0. The summed E-state index contributed by atoms with van der Waals surface area (Å²) in [6.45, 7) is 0. The molecule has 24 heavy (non-hydrogen) atoms. The van der Waals surface area contributed by atoms with Gasteiger partial charge in [-0.05, 0) is 45.7 Å². The van der Waals surface area contributed by atoms with Gasteiger partial charge in [-0.25, -0.2) is 0 Å². The summed E-state index contributed by atoms with van der Waals surface area (Å²) in [5.41, 5.74) is 18.2. The predicted molar refractivity (Wildman–Crippen MR) is 104 cm³/mol. The lowest BCUT2D eigenvalue weighted by atomic mass is 9.89. The molecule has 4 rings (SSSR count). The van der Waals surface area contributed by atoms with Crippen LogP contribution in [0.15, 0.2) is 84.9 Å². The second-order valence-corrected chi connectivity index (χ2v) is 5.92. The number of anilines is 2. The molecule has 116 valence electrons. The van der Waals surface area contributed by atoms with E-state index in [1.807, 2.05) is 24.3 Å². The molecule has 0 aliphatic carbocycles. The van der Waals surface area contributed by atoms with E-state index in [0.717, 1.165) is 22.4 Å². The topological polar surface area (TPSA) is 52.0 Å². The van der Waals surface area contributed by atoms with Crippen molar-refractivity contribution >= 4 is 22.1 Å². The Morgan fingerprint density at radius 3 is 2.17 bits per heavy atom. The number of benzene rings is 4. The number of fused-ring (bicyclic) bond motifs is 1. The standard InChI is InChI=1S/C22H18N2/c23-17-11-13-21(24)20(14-17)22-18-9-5-4-8-16(18)10-12-19(22)15-6-2-1-3-7-15/h1-14H,23-24H2. The molecule has 0 aromatic heterocycles. The summed E-state index contributed by atoms with van der Waals surface area (Å²) >= 11 is 0. The lowest BCUT2D eigenvalue weighted by molar-refractivity contribution is 1.60. The first-order chi connectivity index (χ1) is 11.7. The lowest BCUT2D eigenvalue weighted by Gasteiger charge is -2.16. The van der Waals surface area contributed by atoms with Crippen LogP contribution in [0.1, 0.15) is 0 Å². The summed E-state index contributed by atoms with van der Waals surface area (Å²) in [7, 11) is 0. The average Bonchev–Trinajstić information content (AvgIpc) is 2.63. The lowest BCUT2D eigenvalue weighted by Crippen LogP contribution is -1.95. The maximum atomic E-state index is 6.30. The SMILES string of the molecule is Nc1ccc(N)c(-c2c(-c3ccccc3)ccc3ccccc23)c1. The van der Waals surface area contributed by atoms with Crippen LogP contribution >= 0.6 is 0 Å². The Balaban J connectivity index is 2.13. The summed E-state index contributed by atoms with van der Waals surface area (Å²) in [5.74, 6) is 0. The molecule has 4 aromatic carbocycles. The van der Waals surface area contributed by atoms with E-state index >= 15 is 0 Å². The Kier molecular flexibility index (Phi) is 3.43. The van der Waals surface area contributed by atoms with Crippen molar-refractivity contribution in [3.63, 3.8) is 0 Å². The fourth-order valence-electron chi connectivity index (χ4n) is 3.21. The number of hydrogen-bond donors (Lipinski definition) is 2. The molecule has 0 radical (unpaired) electrons. The van der Waals surface area contributed by atoms with Gasteiger partial charge in [0.25, 0.3) is 0 Å². The first kappa shape index (κ1) is 14.3. The van der Waals surface area contributed by atoms with Crippen molar-refractivity contribution in [1.29, 1.82) is 0 Å². The molecule has 0 aliphatic heterocycles. The molecule has 0 fully saturated rings. The van der Waals surface area contributed by atoms with Crippen LogP contribution < -0.4 is 11.5 Å². The minimum Gasteiger partial charge on any atom is -0.399 e. The van der Waals surface area contributed by atoms with Crippen LogP contribution in [0.5, 0.6) is 0 Å². The molecule has 4 N–H and O–H groups in total. The van der Waals surface area contributed by atoms with E-state index in [1.165, 1.54) is 16.3 Å². The van der Waals surface area contributed by atoms with Crippen LogP contribution in [-0.2, 0) is 0 Å². The minimum absolute atomic E-state index is 0.714. The zero-order valence-corrected chi connectivity index (χ0v) is 13.2. The maximum Gasteiger partial charge on any atom is 0.0395 e. The van der Waals surface area contributed by atoms with E-state index in [9.17, 15) is 0 Å². The van der Waals surface area contributed by atoms with E-state index in [-0.39, 0.29) is 0 Å². The summed E-state index contributed by atoms with van der Waals surface area (Å²) in [6, 6.07) is 28.7. The van der Waals surface area contributed by atoms with Crippen molar-refractivity contribution < 1.29 is 0 Å². The Morgan fingerprint density at radius 2 is 1.33 bits per heavy atom. The zero-order chi connectivity index (χ0) is 16.5. The molecular weight excluding hydrogens is 292 g/mol. The van der Waals surface area contributed by atoms with Crippen molar-refractivity contribution in [2.24, 2.45) is 0 Å². The minimum atomic E-state index is 0.714. The van der Waals surface area contributed by atoms with Gasteiger partial charge in [0, 0.05) is 16.9 Å². The molecule has 0 atom stereocenters. The molecule has 2 heteroatoms. The highest BCUT2D eigenvalue weighted by Crippen LogP contribution is 2.41. The Bertz CT molecular complexity index is 1020. The van der Waals surface area contributed by atoms with Crippen LogP contribution in [0.2, 0.25) is 0 Å². The van der Waals surface area contributed by atoms with Gasteiger partial charge in [0.2, 0.25) is 0 Å². The van der Waals surface area contributed by atoms with Crippen LogP contribution in [0, 0.1) is 0 Å². The van der Waals surface area contributed by atoms with E-state index < -0.39 is 0 Å². The molecule has 0 saturated heterocycles. The third kappa shape index (κ3) is 2.38.